The van der Waals surface area contributed by atoms with Gasteiger partial charge in [-0.05, 0) is 38.5 Å². The first kappa shape index (κ1) is 16.3. The highest BCUT2D eigenvalue weighted by molar-refractivity contribution is 7.90. The molecule has 0 heterocycles. The van der Waals surface area contributed by atoms with Crippen LogP contribution in [0.2, 0.25) is 0 Å². The molecule has 19 heavy (non-hydrogen) atoms. The Morgan fingerprint density at radius 2 is 1.58 bits per heavy atom. The number of alkyl halides is 3. The molecule has 0 aliphatic rings. The fraction of sp³-hybridized carbons (Fsp3) is 0.500. The lowest BCUT2D eigenvalue weighted by Crippen LogP contribution is -2.45. The van der Waals surface area contributed by atoms with Gasteiger partial charge in [-0.3, -0.25) is 0 Å². The van der Waals surface area contributed by atoms with Crippen molar-refractivity contribution in [3.05, 3.63) is 35.6 Å². The second-order valence-corrected chi connectivity index (χ2v) is 7.02. The minimum atomic E-state index is -4.61. The molecule has 0 radical (unpaired) electrons. The van der Waals surface area contributed by atoms with Crippen LogP contribution in [0.3, 0.4) is 0 Å². The summed E-state index contributed by atoms with van der Waals surface area (Å²) in [4.78, 5) is 0. The van der Waals surface area contributed by atoms with E-state index >= 15 is 0 Å². The largest absolute Gasteiger partial charge is 0.598 e. The predicted octanol–water partition coefficient (Wildman–Crippen LogP) is 3.48. The maximum absolute atomic E-state index is 13.0. The van der Waals surface area contributed by atoms with Crippen LogP contribution in [0.4, 0.5) is 17.6 Å². The van der Waals surface area contributed by atoms with E-state index in [1.807, 2.05) is 0 Å². The summed E-state index contributed by atoms with van der Waals surface area (Å²) >= 11 is -1.88. The van der Waals surface area contributed by atoms with E-state index in [9.17, 15) is 22.1 Å². The summed E-state index contributed by atoms with van der Waals surface area (Å²) in [5, 5.41) is 0. The normalized spacial score (nSPS) is 16.2. The quantitative estimate of drug-likeness (QED) is 0.685. The maximum atomic E-state index is 13.0. The van der Waals surface area contributed by atoms with Crippen LogP contribution in [0.25, 0.3) is 0 Å². The fourth-order valence-corrected chi connectivity index (χ4v) is 2.10. The third kappa shape index (κ3) is 4.67. The van der Waals surface area contributed by atoms with Crippen LogP contribution in [0.1, 0.15) is 32.4 Å². The molecule has 1 aromatic carbocycles. The lowest BCUT2D eigenvalue weighted by molar-refractivity contribution is -0.153. The Hall–Kier alpha value is -0.790. The van der Waals surface area contributed by atoms with Gasteiger partial charge in [0.05, 0.1) is 0 Å². The average Bonchev–Trinajstić information content (AvgIpc) is 2.24. The monoisotopic (exact) mass is 297 g/mol. The molecule has 0 spiro atoms. The molecule has 2 atom stereocenters. The Labute approximate surface area is 112 Å². The summed E-state index contributed by atoms with van der Waals surface area (Å²) in [6.45, 7) is 4.69. The van der Waals surface area contributed by atoms with Crippen LogP contribution in [0.5, 0.6) is 0 Å². The van der Waals surface area contributed by atoms with Gasteiger partial charge in [0.1, 0.15) is 10.6 Å². The van der Waals surface area contributed by atoms with Crippen molar-refractivity contribution in [2.24, 2.45) is 0 Å². The van der Waals surface area contributed by atoms with Gasteiger partial charge in [0, 0.05) is 11.4 Å². The Balaban J connectivity index is 3.00. The molecule has 0 fully saturated rings. The van der Waals surface area contributed by atoms with Gasteiger partial charge in [-0.2, -0.15) is 13.2 Å². The van der Waals surface area contributed by atoms with Crippen molar-refractivity contribution in [3.63, 3.8) is 0 Å². The Bertz CT molecular complexity index is 413. The molecule has 108 valence electrons. The highest BCUT2D eigenvalue weighted by atomic mass is 32.2. The first-order chi connectivity index (χ1) is 8.51. The molecule has 0 amide bonds. The Morgan fingerprint density at radius 1 is 1.11 bits per heavy atom. The van der Waals surface area contributed by atoms with E-state index in [1.165, 1.54) is 0 Å². The van der Waals surface area contributed by atoms with E-state index in [4.69, 9.17) is 0 Å². The minimum Gasteiger partial charge on any atom is -0.598 e. The van der Waals surface area contributed by atoms with Crippen LogP contribution < -0.4 is 4.72 Å². The highest BCUT2D eigenvalue weighted by Crippen LogP contribution is 2.34. The highest BCUT2D eigenvalue weighted by Gasteiger charge is 2.45. The van der Waals surface area contributed by atoms with Gasteiger partial charge in [0.25, 0.3) is 0 Å². The lowest BCUT2D eigenvalue weighted by Gasteiger charge is -2.29. The molecular formula is C12H15F4NOS. The zero-order valence-electron chi connectivity index (χ0n) is 10.7. The number of benzene rings is 1. The van der Waals surface area contributed by atoms with Crippen LogP contribution in [-0.4, -0.2) is 15.5 Å². The number of halogens is 4. The summed E-state index contributed by atoms with van der Waals surface area (Å²) in [5.74, 6) is -0.624. The second-order valence-electron chi connectivity index (χ2n) is 5.03. The van der Waals surface area contributed by atoms with Crippen molar-refractivity contribution >= 4 is 11.4 Å². The summed E-state index contributed by atoms with van der Waals surface area (Å²) in [7, 11) is 0. The van der Waals surface area contributed by atoms with Crippen LogP contribution in [-0.2, 0) is 11.4 Å². The van der Waals surface area contributed by atoms with Gasteiger partial charge >= 0.3 is 6.18 Å². The Kier molecular flexibility index (Phi) is 4.86. The summed E-state index contributed by atoms with van der Waals surface area (Å²) in [5.41, 5.74) is -0.175. The topological polar surface area (TPSA) is 35.1 Å². The molecule has 1 unspecified atom stereocenters. The molecule has 0 aliphatic carbocycles. The van der Waals surface area contributed by atoms with Gasteiger partial charge in [-0.15, -0.1) is 4.72 Å². The van der Waals surface area contributed by atoms with E-state index in [1.54, 1.807) is 20.8 Å². The Morgan fingerprint density at radius 3 is 1.95 bits per heavy atom. The standard InChI is InChI=1S/C12H15F4NOS/c1-11(2,3)19(18)17-10(12(14,15)16)8-4-6-9(13)7-5-8/h4-7,10,17H,1-3H3/t10?,19-/m1/s1. The molecular weight excluding hydrogens is 282 g/mol. The van der Waals surface area contributed by atoms with E-state index in [0.29, 0.717) is 0 Å². The maximum Gasteiger partial charge on any atom is 0.412 e. The molecule has 1 rings (SSSR count). The fourth-order valence-electron chi connectivity index (χ4n) is 1.26. The molecule has 1 aromatic rings. The third-order valence-electron chi connectivity index (χ3n) is 2.31. The molecule has 0 aromatic heterocycles. The zero-order valence-corrected chi connectivity index (χ0v) is 11.5. The molecule has 2 nitrogen and oxygen atoms in total. The molecule has 0 saturated heterocycles. The van der Waals surface area contributed by atoms with E-state index < -0.39 is 34.1 Å². The summed E-state index contributed by atoms with van der Waals surface area (Å²) < 4.78 is 64.6. The average molecular weight is 297 g/mol. The molecule has 0 aliphatic heterocycles. The summed E-state index contributed by atoms with van der Waals surface area (Å²) in [6, 6.07) is 1.85. The zero-order chi connectivity index (χ0) is 14.8. The van der Waals surface area contributed by atoms with Crippen LogP contribution in [0.15, 0.2) is 24.3 Å². The van der Waals surface area contributed by atoms with Crippen molar-refractivity contribution < 1.29 is 22.1 Å². The predicted molar refractivity (Wildman–Crippen MR) is 66.2 cm³/mol. The molecule has 7 heteroatoms. The number of hydrogen-bond acceptors (Lipinski definition) is 2. The number of nitrogens with one attached hydrogen (secondary N) is 1. The first-order valence-electron chi connectivity index (χ1n) is 5.52. The second kappa shape index (κ2) is 5.68. The van der Waals surface area contributed by atoms with E-state index in [2.05, 4.69) is 4.72 Å². The number of hydrogen-bond donors (Lipinski definition) is 1. The molecule has 0 bridgehead atoms. The SMILES string of the molecule is CC(C)(C)[S@@+]([O-])NC(c1ccc(F)cc1)C(F)(F)F. The van der Waals surface area contributed by atoms with Crippen molar-refractivity contribution in [2.45, 2.75) is 37.7 Å². The first-order valence-corrected chi connectivity index (χ1v) is 6.67. The smallest absolute Gasteiger partial charge is 0.412 e. The molecule has 0 saturated carbocycles. The van der Waals surface area contributed by atoms with Gasteiger partial charge in [0.2, 0.25) is 0 Å². The van der Waals surface area contributed by atoms with Gasteiger partial charge in [0.15, 0.2) is 6.04 Å². The minimum absolute atomic E-state index is 0.175. The van der Waals surface area contributed by atoms with Crippen molar-refractivity contribution in [2.75, 3.05) is 0 Å². The lowest BCUT2D eigenvalue weighted by atomic mass is 10.1. The third-order valence-corrected chi connectivity index (χ3v) is 3.87. The van der Waals surface area contributed by atoms with Crippen molar-refractivity contribution in [1.82, 2.24) is 4.72 Å². The summed E-state index contributed by atoms with van der Waals surface area (Å²) in [6.07, 6.45) is -4.61. The molecule has 1 N–H and O–H groups in total. The van der Waals surface area contributed by atoms with Gasteiger partial charge in [-0.1, -0.05) is 12.1 Å². The van der Waals surface area contributed by atoms with Crippen LogP contribution >= 0.6 is 0 Å². The van der Waals surface area contributed by atoms with Crippen molar-refractivity contribution in [1.29, 1.82) is 0 Å². The van der Waals surface area contributed by atoms with Gasteiger partial charge < -0.3 is 4.55 Å². The number of rotatable bonds is 3. The van der Waals surface area contributed by atoms with Crippen LogP contribution in [0, 0.1) is 5.82 Å². The van der Waals surface area contributed by atoms with Gasteiger partial charge in [-0.25, -0.2) is 4.39 Å². The van der Waals surface area contributed by atoms with Crippen molar-refractivity contribution in [3.8, 4) is 0 Å². The van der Waals surface area contributed by atoms with E-state index in [0.717, 1.165) is 24.3 Å². The van der Waals surface area contributed by atoms with E-state index in [-0.39, 0.29) is 5.56 Å².